The van der Waals surface area contributed by atoms with Crippen molar-refractivity contribution in [3.05, 3.63) is 0 Å². The molecule has 0 bridgehead atoms. The Morgan fingerprint density at radius 2 is 0.980 bits per heavy atom. The summed E-state index contributed by atoms with van der Waals surface area (Å²) in [7, 11) is 0. The molecule has 18 heteroatoms. The van der Waals surface area contributed by atoms with Crippen LogP contribution in [-0.4, -0.2) is 103 Å². The Morgan fingerprint density at radius 1 is 0.531 bits per heavy atom. The number of carbonyl (C=O) groups excluding carboxylic acids is 5. The molecule has 278 valence electrons. The van der Waals surface area contributed by atoms with Gasteiger partial charge in [-0.2, -0.15) is 0 Å². The van der Waals surface area contributed by atoms with Gasteiger partial charge in [0, 0.05) is 46.5 Å². The minimum Gasteiger partial charge on any atom is -0.481 e. The lowest BCUT2D eigenvalue weighted by Gasteiger charge is -2.17. The van der Waals surface area contributed by atoms with Crippen LogP contribution in [0.25, 0.3) is 0 Å². The lowest BCUT2D eigenvalue weighted by molar-refractivity contribution is -0.145. The van der Waals surface area contributed by atoms with Crippen LogP contribution in [0.3, 0.4) is 0 Å². The first-order valence-electron chi connectivity index (χ1n) is 15.8. The Kier molecular flexibility index (Phi) is 21.1. The molecule has 0 saturated heterocycles. The van der Waals surface area contributed by atoms with Gasteiger partial charge in [0.15, 0.2) is 0 Å². The molecule has 0 saturated carbocycles. The van der Waals surface area contributed by atoms with E-state index in [1.54, 1.807) is 6.92 Å². The first-order valence-corrected chi connectivity index (χ1v) is 15.8. The summed E-state index contributed by atoms with van der Waals surface area (Å²) in [6.07, 6.45) is -2.14. The number of nitrogens with one attached hydrogen (secondary N) is 3. The molecule has 0 aliphatic rings. The molecule has 0 rings (SSSR count). The molecule has 8 N–H and O–H groups in total. The van der Waals surface area contributed by atoms with E-state index < -0.39 is 121 Å². The van der Waals surface area contributed by atoms with E-state index in [9.17, 15) is 63.3 Å². The minimum atomic E-state index is -1.54. The van der Waals surface area contributed by atoms with Crippen LogP contribution in [0.2, 0.25) is 0 Å². The molecule has 5 atom stereocenters. The molecular formula is C31H49N3O15. The second kappa shape index (κ2) is 23.4. The summed E-state index contributed by atoms with van der Waals surface area (Å²) in [5.41, 5.74) is 0. The lowest BCUT2D eigenvalue weighted by atomic mass is 9.94. The molecule has 49 heavy (non-hydrogen) atoms. The average molecular weight is 704 g/mol. The molecule has 0 radical (unpaired) electrons. The quantitative estimate of drug-likeness (QED) is 0.0524. The number of ketones is 2. The van der Waals surface area contributed by atoms with E-state index >= 15 is 0 Å². The fourth-order valence-corrected chi connectivity index (χ4v) is 4.60. The van der Waals surface area contributed by atoms with E-state index in [1.807, 2.05) is 0 Å². The van der Waals surface area contributed by atoms with Crippen molar-refractivity contribution >= 4 is 59.1 Å². The first-order chi connectivity index (χ1) is 22.8. The molecule has 0 heterocycles. The fraction of sp³-hybridized carbons (Fsp3) is 0.677. The van der Waals surface area contributed by atoms with Crippen LogP contribution >= 0.6 is 0 Å². The van der Waals surface area contributed by atoms with Crippen LogP contribution < -0.4 is 16.0 Å². The number of Topliss-reactive ketones (excluding diaryl/α,β-unsaturated/α-hetero) is 2. The molecule has 0 fully saturated rings. The Bertz CT molecular complexity index is 1230. The van der Waals surface area contributed by atoms with Gasteiger partial charge in [0.2, 0.25) is 17.7 Å². The summed E-state index contributed by atoms with van der Waals surface area (Å²) in [6.45, 7) is 3.02. The van der Waals surface area contributed by atoms with Gasteiger partial charge in [-0.1, -0.05) is 13.3 Å². The second-order valence-corrected chi connectivity index (χ2v) is 11.9. The van der Waals surface area contributed by atoms with Crippen LogP contribution in [0, 0.1) is 17.8 Å². The highest BCUT2D eigenvalue weighted by atomic mass is 16.4. The van der Waals surface area contributed by atoms with Gasteiger partial charge in [-0.15, -0.1) is 0 Å². The van der Waals surface area contributed by atoms with Crippen LogP contribution in [0.1, 0.15) is 98.7 Å². The molecule has 0 unspecified atom stereocenters. The molecule has 0 aliphatic heterocycles. The minimum absolute atomic E-state index is 0. The molecule has 0 spiro atoms. The number of hydrogen-bond acceptors (Lipinski definition) is 10. The van der Waals surface area contributed by atoms with Crippen molar-refractivity contribution in [1.29, 1.82) is 0 Å². The predicted molar refractivity (Wildman–Crippen MR) is 169 cm³/mol. The Labute approximate surface area is 283 Å². The van der Waals surface area contributed by atoms with E-state index in [1.165, 1.54) is 6.92 Å². The lowest BCUT2D eigenvalue weighted by Crippen LogP contribution is -2.42. The van der Waals surface area contributed by atoms with Gasteiger partial charge >= 0.3 is 29.8 Å². The number of carboxylic acids is 5. The zero-order valence-electron chi connectivity index (χ0n) is 27.6. The van der Waals surface area contributed by atoms with Gasteiger partial charge in [0.05, 0.1) is 17.8 Å². The molecule has 0 aromatic rings. The Balaban J connectivity index is 0. The van der Waals surface area contributed by atoms with Crippen molar-refractivity contribution in [3.63, 3.8) is 0 Å². The van der Waals surface area contributed by atoms with E-state index in [4.69, 9.17) is 10.2 Å². The SMILES string of the molecule is CC(=O)C[C@@H](CCC(=O)N[C@@H](CCC(=O)C[C@@H](CCC(=O)N[C@@H](CCC(=O)NCCCC[C@H](C)C(=O)O)C(=O)O)C(=O)O)C(=O)O)C(=O)O.[HH]. The van der Waals surface area contributed by atoms with Crippen molar-refractivity contribution in [2.75, 3.05) is 6.54 Å². The van der Waals surface area contributed by atoms with Gasteiger partial charge in [-0.05, 0) is 45.4 Å². The summed E-state index contributed by atoms with van der Waals surface area (Å²) in [5, 5.41) is 53.4. The van der Waals surface area contributed by atoms with Crippen molar-refractivity contribution in [2.24, 2.45) is 17.8 Å². The highest BCUT2D eigenvalue weighted by molar-refractivity contribution is 5.88. The molecule has 3 amide bonds. The largest absolute Gasteiger partial charge is 0.481 e. The topological polar surface area (TPSA) is 308 Å². The smallest absolute Gasteiger partial charge is 0.326 e. The number of unbranched alkanes of at least 4 members (excludes halogenated alkanes) is 1. The van der Waals surface area contributed by atoms with E-state index in [0.29, 0.717) is 19.3 Å². The summed E-state index contributed by atoms with van der Waals surface area (Å²) >= 11 is 0. The third-order valence-corrected chi connectivity index (χ3v) is 7.59. The fourth-order valence-electron chi connectivity index (χ4n) is 4.60. The number of amides is 3. The highest BCUT2D eigenvalue weighted by Crippen LogP contribution is 2.16. The summed E-state index contributed by atoms with van der Waals surface area (Å²) in [5.74, 6) is -12.7. The molecular weight excluding hydrogens is 654 g/mol. The van der Waals surface area contributed by atoms with E-state index in [-0.39, 0.29) is 40.1 Å². The summed E-state index contributed by atoms with van der Waals surface area (Å²) in [4.78, 5) is 117. The number of carboxylic acid groups (broad SMARTS) is 5. The number of hydrogen-bond donors (Lipinski definition) is 8. The zero-order valence-corrected chi connectivity index (χ0v) is 27.6. The van der Waals surface area contributed by atoms with Gasteiger partial charge < -0.3 is 46.3 Å². The first kappa shape index (κ1) is 44.1. The zero-order chi connectivity index (χ0) is 37.7. The van der Waals surface area contributed by atoms with Crippen LogP contribution in [0.4, 0.5) is 0 Å². The normalized spacial score (nSPS) is 13.8. The number of rotatable bonds is 28. The van der Waals surface area contributed by atoms with Gasteiger partial charge in [-0.25, -0.2) is 9.59 Å². The number of aliphatic carboxylic acids is 5. The Morgan fingerprint density at radius 3 is 1.41 bits per heavy atom. The molecule has 0 aromatic carbocycles. The average Bonchev–Trinajstić information content (AvgIpc) is 3.00. The second-order valence-electron chi connectivity index (χ2n) is 11.9. The summed E-state index contributed by atoms with van der Waals surface area (Å²) in [6, 6.07) is -2.99. The third-order valence-electron chi connectivity index (χ3n) is 7.59. The standard InChI is InChI=1S/C31H47N3O15.H2/c1-17(27(40)41)5-3-4-14-32-24(37)13-10-23(31(48)49)34-26(39)12-7-20(29(44)45)16-21(36)8-9-22(30(46)47)33-25(38)11-6-19(28(42)43)15-18(2)35;/h17,19-20,22-23H,3-16H2,1-2H3,(H,32,37)(H,33,38)(H,34,39)(H,40,41)(H,42,43)(H,44,45)(H,46,47)(H,48,49);1H/t17-,19+,20+,22-,23-;/m0./s1. The van der Waals surface area contributed by atoms with Gasteiger partial charge in [0.25, 0.3) is 0 Å². The third kappa shape index (κ3) is 20.8. The number of carbonyl (C=O) groups is 10. The van der Waals surface area contributed by atoms with Crippen molar-refractivity contribution in [1.82, 2.24) is 16.0 Å². The maximum atomic E-state index is 12.5. The van der Waals surface area contributed by atoms with Gasteiger partial charge in [0.1, 0.15) is 23.7 Å². The maximum Gasteiger partial charge on any atom is 0.326 e. The highest BCUT2D eigenvalue weighted by Gasteiger charge is 2.27. The summed E-state index contributed by atoms with van der Waals surface area (Å²) < 4.78 is 0. The molecule has 18 nitrogen and oxygen atoms in total. The molecule has 0 aromatic heterocycles. The van der Waals surface area contributed by atoms with Gasteiger partial charge in [-0.3, -0.25) is 33.6 Å². The molecule has 0 aliphatic carbocycles. The van der Waals surface area contributed by atoms with Crippen LogP contribution in [0.5, 0.6) is 0 Å². The van der Waals surface area contributed by atoms with Crippen molar-refractivity contribution < 1.29 is 74.9 Å². The maximum absolute atomic E-state index is 12.5. The van der Waals surface area contributed by atoms with Crippen molar-refractivity contribution in [3.8, 4) is 0 Å². The van der Waals surface area contributed by atoms with E-state index in [2.05, 4.69) is 16.0 Å². The van der Waals surface area contributed by atoms with Crippen LogP contribution in [0.15, 0.2) is 0 Å². The van der Waals surface area contributed by atoms with E-state index in [0.717, 1.165) is 0 Å². The van der Waals surface area contributed by atoms with Crippen molar-refractivity contribution in [2.45, 2.75) is 109 Å². The predicted octanol–water partition coefficient (Wildman–Crippen LogP) is 0.839. The van der Waals surface area contributed by atoms with Crippen LogP contribution in [-0.2, 0) is 47.9 Å². The Hall–Kier alpha value is -4.90. The monoisotopic (exact) mass is 703 g/mol.